The van der Waals surface area contributed by atoms with Crippen molar-refractivity contribution in [1.29, 1.82) is 0 Å². The number of benzene rings is 1. The van der Waals surface area contributed by atoms with Gasteiger partial charge in [0.1, 0.15) is 0 Å². The maximum Gasteiger partial charge on any atom is 0.0604 e. The summed E-state index contributed by atoms with van der Waals surface area (Å²) in [4.78, 5) is 0. The van der Waals surface area contributed by atoms with E-state index in [1.165, 1.54) is 15.6 Å². The second-order valence-corrected chi connectivity index (χ2v) is 7.80. The summed E-state index contributed by atoms with van der Waals surface area (Å²) in [5, 5.41) is 3.57. The molecule has 1 atom stereocenters. The molecule has 0 aliphatic rings. The summed E-state index contributed by atoms with van der Waals surface area (Å²) in [6.45, 7) is 6.69. The van der Waals surface area contributed by atoms with E-state index < -0.39 is 0 Å². The second-order valence-electron chi connectivity index (χ2n) is 5.54. The third-order valence-electron chi connectivity index (χ3n) is 2.71. The summed E-state index contributed by atoms with van der Waals surface area (Å²) in [5.41, 5.74) is 1.52. The van der Waals surface area contributed by atoms with Gasteiger partial charge in [-0.05, 0) is 50.2 Å². The molecule has 0 aliphatic heterocycles. The fraction of sp³-hybridized carbons (Fsp3) is 0.429. The lowest BCUT2D eigenvalue weighted by Gasteiger charge is -2.21. The quantitative estimate of drug-likeness (QED) is 0.560. The summed E-state index contributed by atoms with van der Waals surface area (Å²) in [5.74, 6) is 0. The largest absolute Gasteiger partial charge is 0.142 e. The van der Waals surface area contributed by atoms with E-state index in [1.54, 1.807) is 11.3 Å². The predicted molar refractivity (Wildman–Crippen MR) is 82.2 cm³/mol. The summed E-state index contributed by atoms with van der Waals surface area (Å²) in [6, 6.07) is 6.31. The minimum Gasteiger partial charge on any atom is -0.142 e. The van der Waals surface area contributed by atoms with Crippen molar-refractivity contribution in [2.45, 2.75) is 32.6 Å². The van der Waals surface area contributed by atoms with Crippen LogP contribution in [0.4, 0.5) is 0 Å². The molecule has 3 heteroatoms. The SMILES string of the molecule is CC(C)(C)CC(Cl)c1csc2c(Br)cccc12. The van der Waals surface area contributed by atoms with Gasteiger partial charge in [-0.25, -0.2) is 0 Å². The molecule has 2 rings (SSSR count). The van der Waals surface area contributed by atoms with Gasteiger partial charge in [0.05, 0.1) is 5.38 Å². The number of fused-ring (bicyclic) bond motifs is 1. The van der Waals surface area contributed by atoms with Crippen LogP contribution in [0.2, 0.25) is 0 Å². The van der Waals surface area contributed by atoms with E-state index in [2.05, 4.69) is 60.3 Å². The molecule has 1 aromatic carbocycles. The number of hydrogen-bond acceptors (Lipinski definition) is 1. The smallest absolute Gasteiger partial charge is 0.0604 e. The maximum absolute atomic E-state index is 6.55. The molecule has 0 nitrogen and oxygen atoms in total. The van der Waals surface area contributed by atoms with Crippen molar-refractivity contribution in [3.63, 3.8) is 0 Å². The molecule has 1 aromatic heterocycles. The van der Waals surface area contributed by atoms with Crippen molar-refractivity contribution in [3.8, 4) is 0 Å². The molecular formula is C14H16BrClS. The third kappa shape index (κ3) is 3.04. The van der Waals surface area contributed by atoms with Crippen LogP contribution in [0.25, 0.3) is 10.1 Å². The Balaban J connectivity index is 2.40. The van der Waals surface area contributed by atoms with Crippen LogP contribution in [0.1, 0.15) is 38.1 Å². The molecule has 0 radical (unpaired) electrons. The van der Waals surface area contributed by atoms with E-state index in [9.17, 15) is 0 Å². The molecule has 0 bridgehead atoms. The topological polar surface area (TPSA) is 0 Å². The minimum atomic E-state index is 0.0954. The van der Waals surface area contributed by atoms with Gasteiger partial charge in [-0.1, -0.05) is 32.9 Å². The first-order valence-electron chi connectivity index (χ1n) is 5.68. The number of rotatable bonds is 2. The van der Waals surface area contributed by atoms with E-state index in [1.807, 2.05) is 0 Å². The molecule has 0 saturated carbocycles. The van der Waals surface area contributed by atoms with Gasteiger partial charge in [0.25, 0.3) is 0 Å². The fourth-order valence-corrected chi connectivity index (χ4v) is 4.33. The Labute approximate surface area is 120 Å². The van der Waals surface area contributed by atoms with Gasteiger partial charge in [-0.2, -0.15) is 0 Å². The minimum absolute atomic E-state index is 0.0954. The van der Waals surface area contributed by atoms with Crippen LogP contribution in [0.5, 0.6) is 0 Å². The van der Waals surface area contributed by atoms with E-state index in [0.717, 1.165) is 10.9 Å². The number of halogens is 2. The lowest BCUT2D eigenvalue weighted by atomic mass is 9.88. The highest BCUT2D eigenvalue weighted by Gasteiger charge is 2.21. The zero-order valence-electron chi connectivity index (χ0n) is 10.3. The molecule has 0 saturated heterocycles. The van der Waals surface area contributed by atoms with E-state index in [4.69, 9.17) is 11.6 Å². The zero-order valence-corrected chi connectivity index (χ0v) is 13.4. The van der Waals surface area contributed by atoms with Crippen LogP contribution in [0, 0.1) is 5.41 Å². The Kier molecular flexibility index (Phi) is 3.86. The summed E-state index contributed by atoms with van der Waals surface area (Å²) in [6.07, 6.45) is 0.993. The van der Waals surface area contributed by atoms with Gasteiger partial charge >= 0.3 is 0 Å². The first-order chi connectivity index (χ1) is 7.88. The lowest BCUT2D eigenvalue weighted by molar-refractivity contribution is 0.373. The van der Waals surface area contributed by atoms with E-state index >= 15 is 0 Å². The molecule has 17 heavy (non-hydrogen) atoms. The molecule has 1 unspecified atom stereocenters. The van der Waals surface area contributed by atoms with Crippen LogP contribution in [0.3, 0.4) is 0 Å². The Hall–Kier alpha value is -0.0500. The van der Waals surface area contributed by atoms with Crippen LogP contribution in [-0.4, -0.2) is 0 Å². The van der Waals surface area contributed by atoms with Crippen molar-refractivity contribution < 1.29 is 0 Å². The highest BCUT2D eigenvalue weighted by molar-refractivity contribution is 9.10. The Morgan fingerprint density at radius 1 is 1.35 bits per heavy atom. The van der Waals surface area contributed by atoms with Crippen molar-refractivity contribution in [2.24, 2.45) is 5.41 Å². The molecule has 0 aliphatic carbocycles. The summed E-state index contributed by atoms with van der Waals surface area (Å²) < 4.78 is 2.45. The number of thiophene rings is 1. The van der Waals surface area contributed by atoms with Gasteiger partial charge in [0.2, 0.25) is 0 Å². The van der Waals surface area contributed by atoms with Crippen molar-refractivity contribution in [1.82, 2.24) is 0 Å². The fourth-order valence-electron chi connectivity index (χ4n) is 1.93. The molecule has 0 N–H and O–H groups in total. The predicted octanol–water partition coefficient (Wildman–Crippen LogP) is 6.38. The first kappa shape index (κ1) is 13.4. The standard InChI is InChI=1S/C14H16BrClS/c1-14(2,3)7-12(16)10-8-17-13-9(10)5-4-6-11(13)15/h4-6,8,12H,7H2,1-3H3. The van der Waals surface area contributed by atoms with Gasteiger partial charge < -0.3 is 0 Å². The molecule has 0 amide bonds. The Morgan fingerprint density at radius 3 is 2.71 bits per heavy atom. The second kappa shape index (κ2) is 4.91. The van der Waals surface area contributed by atoms with Gasteiger partial charge in [-0.3, -0.25) is 0 Å². The van der Waals surface area contributed by atoms with Gasteiger partial charge in [0, 0.05) is 9.17 Å². The van der Waals surface area contributed by atoms with Crippen LogP contribution >= 0.6 is 38.9 Å². The number of hydrogen-bond donors (Lipinski definition) is 0. The van der Waals surface area contributed by atoms with Gasteiger partial charge in [-0.15, -0.1) is 22.9 Å². The summed E-state index contributed by atoms with van der Waals surface area (Å²) in [7, 11) is 0. The van der Waals surface area contributed by atoms with E-state index in [-0.39, 0.29) is 10.8 Å². The van der Waals surface area contributed by atoms with Crippen LogP contribution in [0.15, 0.2) is 28.1 Å². The highest BCUT2D eigenvalue weighted by atomic mass is 79.9. The molecular weight excluding hydrogens is 316 g/mol. The van der Waals surface area contributed by atoms with E-state index in [0.29, 0.717) is 0 Å². The lowest BCUT2D eigenvalue weighted by Crippen LogP contribution is -2.08. The van der Waals surface area contributed by atoms with Crippen LogP contribution < -0.4 is 0 Å². The third-order valence-corrected chi connectivity index (χ3v) is 5.07. The van der Waals surface area contributed by atoms with Crippen molar-refractivity contribution in [2.75, 3.05) is 0 Å². The molecule has 92 valence electrons. The molecule has 1 heterocycles. The molecule has 0 fully saturated rings. The first-order valence-corrected chi connectivity index (χ1v) is 7.79. The highest BCUT2D eigenvalue weighted by Crippen LogP contribution is 2.41. The van der Waals surface area contributed by atoms with Crippen molar-refractivity contribution >= 4 is 49.0 Å². The summed E-state index contributed by atoms with van der Waals surface area (Å²) >= 11 is 11.9. The van der Waals surface area contributed by atoms with Crippen molar-refractivity contribution in [3.05, 3.63) is 33.6 Å². The maximum atomic E-state index is 6.55. The molecule has 2 aromatic rings. The molecule has 0 spiro atoms. The Bertz CT molecular complexity index is 524. The average Bonchev–Trinajstić information content (AvgIpc) is 2.60. The zero-order chi connectivity index (χ0) is 12.6. The normalized spacial score (nSPS) is 14.2. The monoisotopic (exact) mass is 330 g/mol. The average molecular weight is 332 g/mol. The van der Waals surface area contributed by atoms with Gasteiger partial charge in [0.15, 0.2) is 0 Å². The van der Waals surface area contributed by atoms with Crippen LogP contribution in [-0.2, 0) is 0 Å². The Morgan fingerprint density at radius 2 is 2.06 bits per heavy atom. The number of alkyl halides is 1.